The highest BCUT2D eigenvalue weighted by Crippen LogP contribution is 2.33. The van der Waals surface area contributed by atoms with Crippen molar-refractivity contribution in [2.24, 2.45) is 0 Å². The molecule has 4 rings (SSSR count). The van der Waals surface area contributed by atoms with Crippen LogP contribution < -0.4 is 15.4 Å². The first-order valence-electron chi connectivity index (χ1n) is 11.8. The Kier molecular flexibility index (Phi) is 6.98. The maximum atomic E-state index is 12.9. The van der Waals surface area contributed by atoms with Gasteiger partial charge in [-0.05, 0) is 56.5 Å². The molecule has 0 bridgehead atoms. The van der Waals surface area contributed by atoms with Crippen molar-refractivity contribution in [3.05, 3.63) is 29.8 Å². The minimum absolute atomic E-state index is 0.0398. The molecule has 2 aliphatic heterocycles. The van der Waals surface area contributed by atoms with Gasteiger partial charge >= 0.3 is 6.03 Å². The highest BCUT2D eigenvalue weighted by Gasteiger charge is 2.51. The van der Waals surface area contributed by atoms with Crippen LogP contribution >= 0.6 is 0 Å². The van der Waals surface area contributed by atoms with E-state index in [1.807, 2.05) is 24.3 Å². The average Bonchev–Trinajstić information content (AvgIpc) is 3.04. The van der Waals surface area contributed by atoms with Crippen LogP contribution in [-0.2, 0) is 9.59 Å². The second-order valence-corrected chi connectivity index (χ2v) is 9.15. The van der Waals surface area contributed by atoms with E-state index in [0.717, 1.165) is 61.4 Å². The maximum Gasteiger partial charge on any atom is 0.325 e. The highest BCUT2D eigenvalue weighted by molar-refractivity contribution is 6.09. The zero-order valence-corrected chi connectivity index (χ0v) is 18.9. The summed E-state index contributed by atoms with van der Waals surface area (Å²) in [6.45, 7) is 2.17. The summed E-state index contributed by atoms with van der Waals surface area (Å²) < 4.78 is 5.28. The lowest BCUT2D eigenvalue weighted by atomic mass is 9.82. The van der Waals surface area contributed by atoms with Gasteiger partial charge < -0.3 is 15.4 Å². The fraction of sp³-hybridized carbons (Fsp3) is 0.625. The molecule has 2 heterocycles. The summed E-state index contributed by atoms with van der Waals surface area (Å²) in [5.74, 6) is 0.238. The smallest absolute Gasteiger partial charge is 0.325 e. The molecule has 0 aromatic heterocycles. The number of likely N-dealkylation sites (tertiary alicyclic amines) is 1. The second-order valence-electron chi connectivity index (χ2n) is 9.15. The molecule has 1 saturated carbocycles. The summed E-state index contributed by atoms with van der Waals surface area (Å²) >= 11 is 0. The molecule has 3 fully saturated rings. The van der Waals surface area contributed by atoms with Gasteiger partial charge in [-0.2, -0.15) is 0 Å². The van der Waals surface area contributed by atoms with Crippen molar-refractivity contribution < 1.29 is 19.1 Å². The van der Waals surface area contributed by atoms with Crippen LogP contribution in [0.3, 0.4) is 0 Å². The molecule has 8 heteroatoms. The van der Waals surface area contributed by atoms with Crippen LogP contribution in [0.25, 0.3) is 0 Å². The summed E-state index contributed by atoms with van der Waals surface area (Å²) in [6.07, 6.45) is 7.75. The molecule has 2 N–H and O–H groups in total. The summed E-state index contributed by atoms with van der Waals surface area (Å²) in [7, 11) is 1.64. The van der Waals surface area contributed by atoms with E-state index in [0.29, 0.717) is 19.4 Å². The van der Waals surface area contributed by atoms with Crippen molar-refractivity contribution in [1.82, 2.24) is 20.4 Å². The molecule has 1 aliphatic carbocycles. The van der Waals surface area contributed by atoms with E-state index in [2.05, 4.69) is 15.5 Å². The number of carbonyl (C=O) groups is 3. The molecule has 1 unspecified atom stereocenters. The number of hydrogen-bond donors (Lipinski definition) is 2. The number of imide groups is 1. The van der Waals surface area contributed by atoms with Gasteiger partial charge in [0.05, 0.1) is 13.2 Å². The number of rotatable bonds is 7. The molecule has 4 amide bonds. The molecule has 8 nitrogen and oxygen atoms in total. The van der Waals surface area contributed by atoms with Crippen molar-refractivity contribution in [2.75, 3.05) is 33.3 Å². The van der Waals surface area contributed by atoms with Crippen LogP contribution in [0.5, 0.6) is 5.75 Å². The third-order valence-electron chi connectivity index (χ3n) is 7.08. The topological polar surface area (TPSA) is 91.0 Å². The van der Waals surface area contributed by atoms with Gasteiger partial charge in [-0.25, -0.2) is 4.79 Å². The summed E-state index contributed by atoms with van der Waals surface area (Å²) in [4.78, 5) is 41.6. The molecule has 1 aromatic carbocycles. The van der Waals surface area contributed by atoms with Gasteiger partial charge in [0, 0.05) is 6.54 Å². The van der Waals surface area contributed by atoms with Gasteiger partial charge in [0.2, 0.25) is 5.91 Å². The van der Waals surface area contributed by atoms with Gasteiger partial charge in [-0.1, -0.05) is 37.8 Å². The largest absolute Gasteiger partial charge is 0.497 e. The standard InChI is InChI=1S/C24H34N4O4/c1-32-19-10-8-18(9-11-19)20(27-14-6-3-7-15-27)16-25-21(29)17-28-22(30)24(26-23(28)31)12-4-2-5-13-24/h8-11,20H,2-7,12-17H2,1H3,(H,25,29)(H,26,31). The van der Waals surface area contributed by atoms with E-state index in [-0.39, 0.29) is 24.4 Å². The number of hydrogen-bond acceptors (Lipinski definition) is 5. The molecule has 174 valence electrons. The van der Waals surface area contributed by atoms with Crippen LogP contribution in [0, 0.1) is 0 Å². The summed E-state index contributed by atoms with van der Waals surface area (Å²) in [5.41, 5.74) is 0.318. The zero-order chi connectivity index (χ0) is 22.6. The number of ether oxygens (including phenoxy) is 1. The van der Waals surface area contributed by atoms with E-state index in [9.17, 15) is 14.4 Å². The number of nitrogens with zero attached hydrogens (tertiary/aromatic N) is 2. The first kappa shape index (κ1) is 22.6. The minimum atomic E-state index is -0.797. The molecule has 1 aromatic rings. The van der Waals surface area contributed by atoms with Gasteiger partial charge in [0.25, 0.3) is 5.91 Å². The van der Waals surface area contributed by atoms with Crippen LogP contribution in [0.4, 0.5) is 4.79 Å². The van der Waals surface area contributed by atoms with Gasteiger partial charge in [0.1, 0.15) is 17.8 Å². The Bertz CT molecular complexity index is 829. The molecule has 2 saturated heterocycles. The maximum absolute atomic E-state index is 12.9. The monoisotopic (exact) mass is 442 g/mol. The number of piperidine rings is 1. The number of amides is 4. The van der Waals surface area contributed by atoms with Gasteiger partial charge in [-0.3, -0.25) is 19.4 Å². The van der Waals surface area contributed by atoms with Crippen molar-refractivity contribution >= 4 is 17.8 Å². The Balaban J connectivity index is 1.39. The fourth-order valence-electron chi connectivity index (χ4n) is 5.24. The van der Waals surface area contributed by atoms with Gasteiger partial charge in [0.15, 0.2) is 0 Å². The molecule has 0 radical (unpaired) electrons. The first-order valence-corrected chi connectivity index (χ1v) is 11.8. The lowest BCUT2D eigenvalue weighted by Crippen LogP contribution is -2.49. The Morgan fingerprint density at radius 2 is 1.72 bits per heavy atom. The number of urea groups is 1. The third-order valence-corrected chi connectivity index (χ3v) is 7.08. The SMILES string of the molecule is COc1ccc(C(CNC(=O)CN2C(=O)NC3(CCCCC3)C2=O)N2CCCCC2)cc1. The normalized spacial score (nSPS) is 22.0. The van der Waals surface area contributed by atoms with Crippen molar-refractivity contribution in [1.29, 1.82) is 0 Å². The quantitative estimate of drug-likeness (QED) is 0.634. The van der Waals surface area contributed by atoms with E-state index in [4.69, 9.17) is 4.74 Å². The fourth-order valence-corrected chi connectivity index (χ4v) is 5.24. The Morgan fingerprint density at radius 3 is 2.38 bits per heavy atom. The lowest BCUT2D eigenvalue weighted by Gasteiger charge is -2.35. The van der Waals surface area contributed by atoms with Crippen molar-refractivity contribution in [2.45, 2.75) is 62.9 Å². The molecular weight excluding hydrogens is 408 g/mol. The van der Waals surface area contributed by atoms with Crippen molar-refractivity contribution in [3.63, 3.8) is 0 Å². The number of nitrogens with one attached hydrogen (secondary N) is 2. The molecule has 1 spiro atoms. The minimum Gasteiger partial charge on any atom is -0.497 e. The van der Waals surface area contributed by atoms with Crippen LogP contribution in [0.15, 0.2) is 24.3 Å². The Labute approximate surface area is 189 Å². The highest BCUT2D eigenvalue weighted by atomic mass is 16.5. The number of methoxy groups -OCH3 is 1. The lowest BCUT2D eigenvalue weighted by molar-refractivity contribution is -0.135. The Morgan fingerprint density at radius 1 is 1.06 bits per heavy atom. The summed E-state index contributed by atoms with van der Waals surface area (Å²) in [5, 5.41) is 5.85. The predicted octanol–water partition coefficient (Wildman–Crippen LogP) is 2.59. The average molecular weight is 443 g/mol. The van der Waals surface area contributed by atoms with Crippen molar-refractivity contribution in [3.8, 4) is 5.75 Å². The molecule has 32 heavy (non-hydrogen) atoms. The number of carbonyl (C=O) groups excluding carboxylic acids is 3. The van der Waals surface area contributed by atoms with E-state index >= 15 is 0 Å². The molecule has 3 aliphatic rings. The molecular formula is C24H34N4O4. The van der Waals surface area contributed by atoms with Crippen LogP contribution in [0.1, 0.15) is 63.0 Å². The third kappa shape index (κ3) is 4.75. The molecule has 1 atom stereocenters. The van der Waals surface area contributed by atoms with E-state index < -0.39 is 11.6 Å². The van der Waals surface area contributed by atoms with Crippen LogP contribution in [-0.4, -0.2) is 66.5 Å². The first-order chi connectivity index (χ1) is 15.5. The van der Waals surface area contributed by atoms with Gasteiger partial charge in [-0.15, -0.1) is 0 Å². The second kappa shape index (κ2) is 9.90. The van der Waals surface area contributed by atoms with E-state index in [1.165, 1.54) is 6.42 Å². The Hall–Kier alpha value is -2.61. The predicted molar refractivity (Wildman–Crippen MR) is 120 cm³/mol. The van der Waals surface area contributed by atoms with Crippen LogP contribution in [0.2, 0.25) is 0 Å². The van der Waals surface area contributed by atoms with E-state index in [1.54, 1.807) is 7.11 Å². The zero-order valence-electron chi connectivity index (χ0n) is 18.9. The number of benzene rings is 1. The summed E-state index contributed by atoms with van der Waals surface area (Å²) in [6, 6.07) is 7.53.